The van der Waals surface area contributed by atoms with Crippen molar-refractivity contribution in [3.8, 4) is 0 Å². The van der Waals surface area contributed by atoms with Crippen LogP contribution in [0.3, 0.4) is 0 Å². The number of hydrogen-bond donors (Lipinski definition) is 0. The van der Waals surface area contributed by atoms with Crippen molar-refractivity contribution in [2.24, 2.45) is 0 Å². The van der Waals surface area contributed by atoms with Gasteiger partial charge in [0.05, 0.1) is 6.04 Å². The molecule has 0 saturated heterocycles. The molecule has 0 bridgehead atoms. The molecular formula is C19H18F3N. The van der Waals surface area contributed by atoms with Crippen LogP contribution in [0, 0.1) is 6.92 Å². The van der Waals surface area contributed by atoms with Gasteiger partial charge in [0, 0.05) is 18.7 Å². The van der Waals surface area contributed by atoms with Gasteiger partial charge < -0.3 is 0 Å². The Hall–Kier alpha value is -2.07. The summed E-state index contributed by atoms with van der Waals surface area (Å²) in [7, 11) is 0. The predicted molar refractivity (Wildman–Crippen MR) is 84.9 cm³/mol. The molecule has 0 radical (unpaired) electrons. The van der Waals surface area contributed by atoms with Crippen LogP contribution in [0.5, 0.6) is 0 Å². The van der Waals surface area contributed by atoms with Crippen LogP contribution in [0.25, 0.3) is 0 Å². The lowest BCUT2D eigenvalue weighted by Crippen LogP contribution is -2.26. The monoisotopic (exact) mass is 317 g/mol. The molecule has 4 heteroatoms. The molecule has 0 aliphatic carbocycles. The van der Waals surface area contributed by atoms with E-state index in [0.717, 1.165) is 16.7 Å². The van der Waals surface area contributed by atoms with Gasteiger partial charge in [-0.25, -0.2) is 0 Å². The Labute approximate surface area is 134 Å². The first-order valence-electron chi connectivity index (χ1n) is 7.56. The molecule has 0 saturated carbocycles. The molecule has 2 aromatic carbocycles. The molecule has 1 nitrogen and oxygen atoms in total. The molecule has 0 fully saturated rings. The molecule has 1 aliphatic rings. The second-order valence-corrected chi connectivity index (χ2v) is 5.94. The van der Waals surface area contributed by atoms with Crippen molar-refractivity contribution in [2.75, 3.05) is 6.54 Å². The van der Waals surface area contributed by atoms with E-state index < -0.39 is 11.7 Å². The molecule has 23 heavy (non-hydrogen) atoms. The van der Waals surface area contributed by atoms with Crippen molar-refractivity contribution in [3.05, 3.63) is 82.9 Å². The van der Waals surface area contributed by atoms with Crippen LogP contribution in [0.2, 0.25) is 0 Å². The average molecular weight is 317 g/mol. The van der Waals surface area contributed by atoms with Crippen molar-refractivity contribution >= 4 is 0 Å². The molecule has 1 aliphatic heterocycles. The molecule has 0 amide bonds. The maximum Gasteiger partial charge on any atom is 0.413 e. The minimum atomic E-state index is -4.27. The van der Waals surface area contributed by atoms with E-state index in [4.69, 9.17) is 0 Å². The fraction of sp³-hybridized carbons (Fsp3) is 0.263. The summed E-state index contributed by atoms with van der Waals surface area (Å²) in [5, 5.41) is 0. The Morgan fingerprint density at radius 2 is 1.65 bits per heavy atom. The highest BCUT2D eigenvalue weighted by atomic mass is 19.4. The lowest BCUT2D eigenvalue weighted by Gasteiger charge is -2.25. The second kappa shape index (κ2) is 6.20. The summed E-state index contributed by atoms with van der Waals surface area (Å²) in [6.07, 6.45) is -2.92. The Morgan fingerprint density at radius 3 is 2.26 bits per heavy atom. The largest absolute Gasteiger partial charge is 0.413 e. The fourth-order valence-electron chi connectivity index (χ4n) is 2.89. The summed E-state index contributed by atoms with van der Waals surface area (Å²) < 4.78 is 39.4. The fourth-order valence-corrected chi connectivity index (χ4v) is 2.89. The Bertz CT molecular complexity index is 687. The van der Waals surface area contributed by atoms with Gasteiger partial charge in [-0.3, -0.25) is 4.90 Å². The van der Waals surface area contributed by atoms with E-state index in [9.17, 15) is 13.2 Å². The van der Waals surface area contributed by atoms with Crippen LogP contribution >= 0.6 is 0 Å². The molecule has 0 N–H and O–H groups in total. The van der Waals surface area contributed by atoms with Gasteiger partial charge in [0.1, 0.15) is 0 Å². The summed E-state index contributed by atoms with van der Waals surface area (Å²) in [6.45, 7) is 2.42. The van der Waals surface area contributed by atoms with Crippen molar-refractivity contribution in [1.29, 1.82) is 0 Å². The maximum atomic E-state index is 13.1. The van der Waals surface area contributed by atoms with E-state index in [0.29, 0.717) is 6.54 Å². The number of rotatable bonds is 3. The smallest absolute Gasteiger partial charge is 0.284 e. The zero-order valence-electron chi connectivity index (χ0n) is 12.8. The van der Waals surface area contributed by atoms with Crippen molar-refractivity contribution in [3.63, 3.8) is 0 Å². The van der Waals surface area contributed by atoms with Gasteiger partial charge in [0.15, 0.2) is 0 Å². The third kappa shape index (κ3) is 3.64. The summed E-state index contributed by atoms with van der Waals surface area (Å²) in [5.74, 6) is 0. The van der Waals surface area contributed by atoms with Crippen molar-refractivity contribution < 1.29 is 13.2 Å². The molecule has 1 unspecified atom stereocenters. The quantitative estimate of drug-likeness (QED) is 0.717. The Balaban J connectivity index is 1.87. The minimum absolute atomic E-state index is 0.0725. The molecule has 3 rings (SSSR count). The van der Waals surface area contributed by atoms with Gasteiger partial charge >= 0.3 is 6.18 Å². The zero-order valence-corrected chi connectivity index (χ0v) is 12.8. The topological polar surface area (TPSA) is 3.24 Å². The van der Waals surface area contributed by atoms with Gasteiger partial charge in [-0.15, -0.1) is 0 Å². The number of benzene rings is 2. The summed E-state index contributed by atoms with van der Waals surface area (Å²) in [4.78, 5) is 1.86. The van der Waals surface area contributed by atoms with Crippen LogP contribution in [0.4, 0.5) is 13.2 Å². The van der Waals surface area contributed by atoms with E-state index in [-0.39, 0.29) is 12.6 Å². The van der Waals surface area contributed by atoms with E-state index in [2.05, 4.69) is 0 Å². The van der Waals surface area contributed by atoms with Gasteiger partial charge in [-0.2, -0.15) is 13.2 Å². The van der Waals surface area contributed by atoms with Gasteiger partial charge in [0.2, 0.25) is 0 Å². The minimum Gasteiger partial charge on any atom is -0.284 e. The summed E-state index contributed by atoms with van der Waals surface area (Å²) >= 11 is 0. The molecule has 1 atom stereocenters. The lowest BCUT2D eigenvalue weighted by molar-refractivity contribution is -0.0937. The van der Waals surface area contributed by atoms with Crippen LogP contribution in [-0.2, 0) is 6.54 Å². The molecular weight excluding hydrogens is 299 g/mol. The van der Waals surface area contributed by atoms with Crippen molar-refractivity contribution in [2.45, 2.75) is 25.7 Å². The standard InChI is InChI=1S/C19H18F3N/c1-14-7-9-15(10-8-14)12-23-13-17(19(20,21)22)11-18(23)16-5-3-2-4-6-16/h2-11,18H,12-13H2,1H3. The van der Waals surface area contributed by atoms with E-state index in [1.54, 1.807) is 0 Å². The molecule has 2 aromatic rings. The first-order valence-corrected chi connectivity index (χ1v) is 7.56. The molecule has 0 aromatic heterocycles. The second-order valence-electron chi connectivity index (χ2n) is 5.94. The van der Waals surface area contributed by atoms with Crippen LogP contribution < -0.4 is 0 Å². The van der Waals surface area contributed by atoms with Gasteiger partial charge in [-0.05, 0) is 18.1 Å². The highest BCUT2D eigenvalue weighted by Gasteiger charge is 2.40. The first-order chi connectivity index (χ1) is 10.9. The van der Waals surface area contributed by atoms with E-state index in [1.165, 1.54) is 6.08 Å². The summed E-state index contributed by atoms with van der Waals surface area (Å²) in [6, 6.07) is 16.9. The third-order valence-electron chi connectivity index (χ3n) is 4.14. The molecule has 1 heterocycles. The number of aryl methyl sites for hydroxylation is 1. The molecule has 0 spiro atoms. The number of alkyl halides is 3. The highest BCUT2D eigenvalue weighted by Crippen LogP contribution is 2.38. The van der Waals surface area contributed by atoms with Gasteiger partial charge in [-0.1, -0.05) is 66.2 Å². The van der Waals surface area contributed by atoms with Crippen LogP contribution in [0.1, 0.15) is 22.7 Å². The Kier molecular flexibility index (Phi) is 4.26. The molecule has 120 valence electrons. The third-order valence-corrected chi connectivity index (χ3v) is 4.14. The highest BCUT2D eigenvalue weighted by molar-refractivity contribution is 5.32. The van der Waals surface area contributed by atoms with Crippen LogP contribution in [0.15, 0.2) is 66.2 Å². The predicted octanol–water partition coefficient (Wildman–Crippen LogP) is 5.04. The van der Waals surface area contributed by atoms with Gasteiger partial charge in [0.25, 0.3) is 0 Å². The first kappa shape index (κ1) is 15.8. The normalized spacial score (nSPS) is 19.0. The van der Waals surface area contributed by atoms with Crippen molar-refractivity contribution in [1.82, 2.24) is 4.90 Å². The maximum absolute atomic E-state index is 13.1. The van der Waals surface area contributed by atoms with Crippen LogP contribution in [-0.4, -0.2) is 17.6 Å². The Morgan fingerprint density at radius 1 is 1.00 bits per heavy atom. The number of halogens is 3. The number of nitrogens with zero attached hydrogens (tertiary/aromatic N) is 1. The van der Waals surface area contributed by atoms with E-state index >= 15 is 0 Å². The average Bonchev–Trinajstić information content (AvgIpc) is 2.94. The zero-order chi connectivity index (χ0) is 16.4. The SMILES string of the molecule is Cc1ccc(CN2CC(C(F)(F)F)=CC2c2ccccc2)cc1. The number of hydrogen-bond acceptors (Lipinski definition) is 1. The van der Waals surface area contributed by atoms with E-state index in [1.807, 2.05) is 66.4 Å². The lowest BCUT2D eigenvalue weighted by atomic mass is 10.1. The summed E-state index contributed by atoms with van der Waals surface area (Å²) in [5.41, 5.74) is 2.59.